The van der Waals surface area contributed by atoms with Gasteiger partial charge in [-0.3, -0.25) is 4.98 Å². The van der Waals surface area contributed by atoms with Crippen LogP contribution in [0.25, 0.3) is 0 Å². The molecule has 0 spiro atoms. The number of nitrogens with zero attached hydrogens (tertiary/aromatic N) is 1. The number of aliphatic hydroxyl groups is 2. The summed E-state index contributed by atoms with van der Waals surface area (Å²) in [6.45, 7) is 1.71. The Balaban J connectivity index is 2.87. The predicted octanol–water partition coefficient (Wildman–Crippen LogP) is -0.304. The van der Waals surface area contributed by atoms with Crippen LogP contribution in [0.4, 0.5) is 5.69 Å². The third kappa shape index (κ3) is 2.89. The molecule has 15 heavy (non-hydrogen) atoms. The molecule has 1 rings (SSSR count). The molecule has 1 aromatic rings. The van der Waals surface area contributed by atoms with Crippen LogP contribution in [0, 0.1) is 0 Å². The Morgan fingerprint density at radius 3 is 2.67 bits per heavy atom. The molecule has 0 aliphatic carbocycles. The molecule has 5 nitrogen and oxygen atoms in total. The average molecular weight is 211 g/mol. The number of nitrogens with one attached hydrogen (secondary N) is 1. The minimum absolute atomic E-state index is 0.164. The van der Waals surface area contributed by atoms with Crippen LogP contribution in [-0.2, 0) is 6.54 Å². The molecule has 5 N–H and O–H groups in total. The highest BCUT2D eigenvalue weighted by atomic mass is 16.3. The number of anilines is 1. The number of aliphatic hydroxyl groups excluding tert-OH is 2. The van der Waals surface area contributed by atoms with Crippen molar-refractivity contribution in [3.05, 3.63) is 24.0 Å². The van der Waals surface area contributed by atoms with Gasteiger partial charge in [0.15, 0.2) is 0 Å². The van der Waals surface area contributed by atoms with Crippen LogP contribution < -0.4 is 11.1 Å². The average Bonchev–Trinajstić information content (AvgIpc) is 2.29. The summed E-state index contributed by atoms with van der Waals surface area (Å²) in [5.41, 5.74) is 6.22. The van der Waals surface area contributed by atoms with E-state index in [0.717, 1.165) is 5.69 Å². The molecule has 1 aromatic heterocycles. The van der Waals surface area contributed by atoms with E-state index in [0.29, 0.717) is 12.2 Å². The molecule has 0 unspecified atom stereocenters. The fraction of sp³-hybridized carbons (Fsp3) is 0.500. The summed E-state index contributed by atoms with van der Waals surface area (Å²) in [5, 5.41) is 21.3. The van der Waals surface area contributed by atoms with E-state index in [9.17, 15) is 0 Å². The van der Waals surface area contributed by atoms with Crippen LogP contribution in [0.2, 0.25) is 0 Å². The van der Waals surface area contributed by atoms with E-state index in [1.54, 1.807) is 19.2 Å². The number of aromatic nitrogens is 1. The van der Waals surface area contributed by atoms with Crippen LogP contribution >= 0.6 is 0 Å². The van der Waals surface area contributed by atoms with E-state index < -0.39 is 5.54 Å². The lowest BCUT2D eigenvalue weighted by Crippen LogP contribution is -2.42. The largest absolute Gasteiger partial charge is 0.394 e. The van der Waals surface area contributed by atoms with Gasteiger partial charge in [0.1, 0.15) is 0 Å². The van der Waals surface area contributed by atoms with Gasteiger partial charge in [-0.25, -0.2) is 0 Å². The van der Waals surface area contributed by atoms with Crippen molar-refractivity contribution in [2.75, 3.05) is 18.5 Å². The first-order valence-electron chi connectivity index (χ1n) is 4.79. The minimum atomic E-state index is -0.757. The maximum Gasteiger partial charge on any atom is 0.0806 e. The second-order valence-electron chi connectivity index (χ2n) is 3.70. The lowest BCUT2D eigenvalue weighted by atomic mass is 10.0. The third-order valence-corrected chi connectivity index (χ3v) is 2.22. The third-order valence-electron chi connectivity index (χ3n) is 2.22. The van der Waals surface area contributed by atoms with Gasteiger partial charge in [0, 0.05) is 12.7 Å². The summed E-state index contributed by atoms with van der Waals surface area (Å²) in [7, 11) is 0. The lowest BCUT2D eigenvalue weighted by Gasteiger charge is -2.28. The van der Waals surface area contributed by atoms with Crippen molar-refractivity contribution in [1.82, 2.24) is 4.98 Å². The Morgan fingerprint density at radius 1 is 1.47 bits per heavy atom. The molecule has 0 aliphatic rings. The zero-order chi connectivity index (χ0) is 11.3. The number of hydrogen-bond donors (Lipinski definition) is 4. The van der Waals surface area contributed by atoms with Crippen LogP contribution in [-0.4, -0.2) is 33.9 Å². The van der Waals surface area contributed by atoms with Crippen molar-refractivity contribution >= 4 is 5.69 Å². The highest BCUT2D eigenvalue weighted by Gasteiger charge is 2.22. The smallest absolute Gasteiger partial charge is 0.0806 e. The zero-order valence-corrected chi connectivity index (χ0v) is 8.77. The normalized spacial score (nSPS) is 11.5. The SMILES string of the molecule is CC(CO)(CO)Nc1cccnc1CN. The molecule has 5 heteroatoms. The number of nitrogens with two attached hydrogens (primary N) is 1. The first-order valence-corrected chi connectivity index (χ1v) is 4.79. The van der Waals surface area contributed by atoms with Crippen molar-refractivity contribution in [1.29, 1.82) is 0 Å². The van der Waals surface area contributed by atoms with Crippen molar-refractivity contribution in [2.45, 2.75) is 19.0 Å². The molecule has 0 aliphatic heterocycles. The van der Waals surface area contributed by atoms with Crippen LogP contribution in [0.3, 0.4) is 0 Å². The monoisotopic (exact) mass is 211 g/mol. The van der Waals surface area contributed by atoms with Crippen LogP contribution in [0.5, 0.6) is 0 Å². The van der Waals surface area contributed by atoms with E-state index in [4.69, 9.17) is 15.9 Å². The molecule has 0 atom stereocenters. The summed E-state index contributed by atoms with van der Waals surface area (Å²) in [6.07, 6.45) is 1.66. The highest BCUT2D eigenvalue weighted by molar-refractivity contribution is 5.49. The lowest BCUT2D eigenvalue weighted by molar-refractivity contribution is 0.147. The van der Waals surface area contributed by atoms with Gasteiger partial charge in [-0.1, -0.05) is 0 Å². The maximum absolute atomic E-state index is 9.14. The van der Waals surface area contributed by atoms with Gasteiger partial charge in [0.05, 0.1) is 30.1 Å². The molecule has 0 saturated heterocycles. The second kappa shape index (κ2) is 5.06. The van der Waals surface area contributed by atoms with Gasteiger partial charge in [-0.2, -0.15) is 0 Å². The van der Waals surface area contributed by atoms with E-state index >= 15 is 0 Å². The van der Waals surface area contributed by atoms with E-state index in [1.807, 2.05) is 6.07 Å². The fourth-order valence-electron chi connectivity index (χ4n) is 1.17. The molecular formula is C10H17N3O2. The van der Waals surface area contributed by atoms with Gasteiger partial charge >= 0.3 is 0 Å². The van der Waals surface area contributed by atoms with Crippen LogP contribution in [0.15, 0.2) is 18.3 Å². The maximum atomic E-state index is 9.14. The van der Waals surface area contributed by atoms with E-state index in [-0.39, 0.29) is 13.2 Å². The highest BCUT2D eigenvalue weighted by Crippen LogP contribution is 2.17. The molecule has 1 heterocycles. The quantitative estimate of drug-likeness (QED) is 0.536. The summed E-state index contributed by atoms with van der Waals surface area (Å²) < 4.78 is 0. The van der Waals surface area contributed by atoms with Crippen molar-refractivity contribution in [3.8, 4) is 0 Å². The molecule has 0 radical (unpaired) electrons. The van der Waals surface area contributed by atoms with Gasteiger partial charge in [-0.15, -0.1) is 0 Å². The van der Waals surface area contributed by atoms with E-state index in [2.05, 4.69) is 10.3 Å². The Bertz CT molecular complexity index is 313. The summed E-state index contributed by atoms with van der Waals surface area (Å²) in [4.78, 5) is 4.10. The Morgan fingerprint density at radius 2 is 2.13 bits per heavy atom. The molecule has 0 saturated carbocycles. The molecule has 84 valence electrons. The standard InChI is InChI=1S/C10H17N3O2/c1-10(6-14,7-15)13-8-3-2-4-12-9(8)5-11/h2-4,13-15H,5-7,11H2,1H3. The first-order chi connectivity index (χ1) is 7.15. The van der Waals surface area contributed by atoms with E-state index in [1.165, 1.54) is 0 Å². The minimum Gasteiger partial charge on any atom is -0.394 e. The molecule has 0 bridgehead atoms. The molecule has 0 aromatic carbocycles. The number of rotatable bonds is 5. The summed E-state index contributed by atoms with van der Waals surface area (Å²) in [5.74, 6) is 0. The summed E-state index contributed by atoms with van der Waals surface area (Å²) in [6, 6.07) is 3.59. The zero-order valence-electron chi connectivity index (χ0n) is 8.77. The number of pyridine rings is 1. The summed E-state index contributed by atoms with van der Waals surface area (Å²) >= 11 is 0. The van der Waals surface area contributed by atoms with Crippen molar-refractivity contribution in [3.63, 3.8) is 0 Å². The Kier molecular flexibility index (Phi) is 4.02. The van der Waals surface area contributed by atoms with Crippen molar-refractivity contribution in [2.24, 2.45) is 5.73 Å². The van der Waals surface area contributed by atoms with Gasteiger partial charge in [0.25, 0.3) is 0 Å². The second-order valence-corrected chi connectivity index (χ2v) is 3.70. The fourth-order valence-corrected chi connectivity index (χ4v) is 1.17. The Labute approximate surface area is 89.0 Å². The Hall–Kier alpha value is -1.17. The molecule has 0 fully saturated rings. The number of hydrogen-bond acceptors (Lipinski definition) is 5. The van der Waals surface area contributed by atoms with Gasteiger partial charge < -0.3 is 21.3 Å². The predicted molar refractivity (Wildman–Crippen MR) is 58.3 cm³/mol. The van der Waals surface area contributed by atoms with Crippen molar-refractivity contribution < 1.29 is 10.2 Å². The van der Waals surface area contributed by atoms with Crippen LogP contribution in [0.1, 0.15) is 12.6 Å². The van der Waals surface area contributed by atoms with Gasteiger partial charge in [-0.05, 0) is 19.1 Å². The first kappa shape index (κ1) is 11.9. The molecular weight excluding hydrogens is 194 g/mol. The topological polar surface area (TPSA) is 91.4 Å². The van der Waals surface area contributed by atoms with Gasteiger partial charge in [0.2, 0.25) is 0 Å². The molecule has 0 amide bonds.